The molecule has 1 atom stereocenters. The van der Waals surface area contributed by atoms with Crippen LogP contribution in [0.2, 0.25) is 0 Å². The van der Waals surface area contributed by atoms with E-state index in [0.717, 1.165) is 0 Å². The van der Waals surface area contributed by atoms with Gasteiger partial charge in [0.2, 0.25) is 0 Å². The second-order valence-electron chi connectivity index (χ2n) is 3.77. The number of aliphatic hydroxyl groups excluding tert-OH is 1. The molecule has 82 valence electrons. The third-order valence-corrected chi connectivity index (χ3v) is 2.32. The zero-order valence-electron chi connectivity index (χ0n) is 9.23. The monoisotopic (exact) mass is 208 g/mol. The van der Waals surface area contributed by atoms with Crippen molar-refractivity contribution in [3.05, 3.63) is 35.4 Å². The van der Waals surface area contributed by atoms with Crippen LogP contribution in [0, 0.1) is 5.92 Å². The quantitative estimate of drug-likeness (QED) is 0.774. The van der Waals surface area contributed by atoms with Gasteiger partial charge >= 0.3 is 5.97 Å². The number of rotatable bonds is 3. The van der Waals surface area contributed by atoms with Gasteiger partial charge in [0, 0.05) is 0 Å². The SMILES string of the molecule is COC(=O)c1ccccc1C(O)C(C)C. The van der Waals surface area contributed by atoms with Crippen LogP contribution in [0.3, 0.4) is 0 Å². The number of carbonyl (C=O) groups excluding carboxylic acids is 1. The molecule has 1 aromatic rings. The van der Waals surface area contributed by atoms with Gasteiger partial charge in [0.05, 0.1) is 18.8 Å². The molecule has 15 heavy (non-hydrogen) atoms. The predicted octanol–water partition coefficient (Wildman–Crippen LogP) is 2.16. The van der Waals surface area contributed by atoms with Crippen LogP contribution in [0.5, 0.6) is 0 Å². The highest BCUT2D eigenvalue weighted by molar-refractivity contribution is 5.91. The van der Waals surface area contributed by atoms with Crippen LogP contribution < -0.4 is 0 Å². The van der Waals surface area contributed by atoms with E-state index >= 15 is 0 Å². The van der Waals surface area contributed by atoms with Crippen molar-refractivity contribution >= 4 is 5.97 Å². The van der Waals surface area contributed by atoms with Crippen molar-refractivity contribution in [3.8, 4) is 0 Å². The van der Waals surface area contributed by atoms with Gasteiger partial charge in [-0.15, -0.1) is 0 Å². The third kappa shape index (κ3) is 2.57. The zero-order valence-corrected chi connectivity index (χ0v) is 9.23. The van der Waals surface area contributed by atoms with Gasteiger partial charge in [-0.1, -0.05) is 32.0 Å². The number of hydrogen-bond donors (Lipinski definition) is 1. The molecule has 1 rings (SSSR count). The summed E-state index contributed by atoms with van der Waals surface area (Å²) < 4.78 is 4.66. The minimum Gasteiger partial charge on any atom is -0.465 e. The Labute approximate surface area is 89.7 Å². The first-order valence-electron chi connectivity index (χ1n) is 4.93. The summed E-state index contributed by atoms with van der Waals surface area (Å²) >= 11 is 0. The smallest absolute Gasteiger partial charge is 0.338 e. The molecule has 0 fully saturated rings. The van der Waals surface area contributed by atoms with Crippen LogP contribution in [-0.2, 0) is 4.74 Å². The lowest BCUT2D eigenvalue weighted by Crippen LogP contribution is -2.12. The zero-order chi connectivity index (χ0) is 11.4. The molecule has 0 amide bonds. The van der Waals surface area contributed by atoms with Gasteiger partial charge < -0.3 is 9.84 Å². The minimum atomic E-state index is -0.639. The van der Waals surface area contributed by atoms with E-state index in [1.807, 2.05) is 13.8 Å². The summed E-state index contributed by atoms with van der Waals surface area (Å²) in [5.41, 5.74) is 1.06. The van der Waals surface area contributed by atoms with E-state index in [2.05, 4.69) is 4.74 Å². The van der Waals surface area contributed by atoms with Crippen molar-refractivity contribution in [2.24, 2.45) is 5.92 Å². The fourth-order valence-corrected chi connectivity index (χ4v) is 1.41. The second kappa shape index (κ2) is 4.94. The first kappa shape index (κ1) is 11.7. The van der Waals surface area contributed by atoms with Gasteiger partial charge in [0.1, 0.15) is 0 Å². The third-order valence-electron chi connectivity index (χ3n) is 2.32. The van der Waals surface area contributed by atoms with Crippen molar-refractivity contribution in [2.45, 2.75) is 20.0 Å². The van der Waals surface area contributed by atoms with Gasteiger partial charge in [-0.25, -0.2) is 4.79 Å². The summed E-state index contributed by atoms with van der Waals surface area (Å²) in [6.07, 6.45) is -0.639. The summed E-state index contributed by atoms with van der Waals surface area (Å²) in [4.78, 5) is 11.4. The normalized spacial score (nSPS) is 12.6. The van der Waals surface area contributed by atoms with E-state index in [-0.39, 0.29) is 5.92 Å². The van der Waals surface area contributed by atoms with Gasteiger partial charge in [0.15, 0.2) is 0 Å². The van der Waals surface area contributed by atoms with Crippen LogP contribution in [0.1, 0.15) is 35.9 Å². The van der Waals surface area contributed by atoms with Crippen molar-refractivity contribution in [1.82, 2.24) is 0 Å². The second-order valence-corrected chi connectivity index (χ2v) is 3.77. The van der Waals surface area contributed by atoms with Gasteiger partial charge in [-0.3, -0.25) is 0 Å². The Balaban J connectivity index is 3.11. The van der Waals surface area contributed by atoms with Crippen LogP contribution in [0.4, 0.5) is 0 Å². The number of aliphatic hydroxyl groups is 1. The lowest BCUT2D eigenvalue weighted by Gasteiger charge is -2.17. The highest BCUT2D eigenvalue weighted by Crippen LogP contribution is 2.24. The molecule has 0 saturated heterocycles. The highest BCUT2D eigenvalue weighted by Gasteiger charge is 2.19. The number of esters is 1. The van der Waals surface area contributed by atoms with Gasteiger partial charge in [-0.05, 0) is 17.5 Å². The van der Waals surface area contributed by atoms with E-state index in [1.165, 1.54) is 7.11 Å². The Hall–Kier alpha value is -1.35. The van der Waals surface area contributed by atoms with E-state index in [4.69, 9.17) is 0 Å². The van der Waals surface area contributed by atoms with E-state index in [0.29, 0.717) is 11.1 Å². The molecule has 0 saturated carbocycles. The van der Waals surface area contributed by atoms with Crippen LogP contribution in [0.15, 0.2) is 24.3 Å². The molecule has 0 aliphatic heterocycles. The minimum absolute atomic E-state index is 0.0656. The topological polar surface area (TPSA) is 46.5 Å². The summed E-state index contributed by atoms with van der Waals surface area (Å²) in [5.74, 6) is -0.346. The average molecular weight is 208 g/mol. The van der Waals surface area contributed by atoms with E-state index < -0.39 is 12.1 Å². The molecule has 3 heteroatoms. The fourth-order valence-electron chi connectivity index (χ4n) is 1.41. The molecule has 0 radical (unpaired) electrons. The lowest BCUT2D eigenvalue weighted by atomic mass is 9.95. The Morgan fingerprint density at radius 3 is 2.47 bits per heavy atom. The summed E-state index contributed by atoms with van der Waals surface area (Å²) in [6, 6.07) is 6.96. The number of carbonyl (C=O) groups is 1. The standard InChI is InChI=1S/C12H16O3/c1-8(2)11(13)9-6-4-5-7-10(9)12(14)15-3/h4-8,11,13H,1-3H3. The highest BCUT2D eigenvalue weighted by atomic mass is 16.5. The average Bonchev–Trinajstić information content (AvgIpc) is 2.27. The molecule has 0 aliphatic rings. The molecule has 0 bridgehead atoms. The van der Waals surface area contributed by atoms with Crippen molar-refractivity contribution < 1.29 is 14.6 Å². The van der Waals surface area contributed by atoms with Gasteiger partial charge in [-0.2, -0.15) is 0 Å². The summed E-state index contributed by atoms with van der Waals surface area (Å²) in [6.45, 7) is 3.80. The van der Waals surface area contributed by atoms with Crippen molar-refractivity contribution in [1.29, 1.82) is 0 Å². The Bertz CT molecular complexity index is 344. The van der Waals surface area contributed by atoms with Crippen LogP contribution in [0.25, 0.3) is 0 Å². The summed E-state index contributed by atoms with van der Waals surface area (Å²) in [5, 5.41) is 9.92. The largest absolute Gasteiger partial charge is 0.465 e. The molecule has 0 aliphatic carbocycles. The number of benzene rings is 1. The van der Waals surface area contributed by atoms with Crippen LogP contribution in [-0.4, -0.2) is 18.2 Å². The molecule has 0 aromatic heterocycles. The molecule has 1 N–H and O–H groups in total. The maximum atomic E-state index is 11.4. The van der Waals surface area contributed by atoms with Crippen molar-refractivity contribution in [3.63, 3.8) is 0 Å². The van der Waals surface area contributed by atoms with E-state index in [9.17, 15) is 9.90 Å². The maximum absolute atomic E-state index is 11.4. The fraction of sp³-hybridized carbons (Fsp3) is 0.417. The molecule has 1 aromatic carbocycles. The molecule has 3 nitrogen and oxygen atoms in total. The lowest BCUT2D eigenvalue weighted by molar-refractivity contribution is 0.0588. The first-order valence-corrected chi connectivity index (χ1v) is 4.93. The van der Waals surface area contributed by atoms with Crippen molar-refractivity contribution in [2.75, 3.05) is 7.11 Å². The van der Waals surface area contributed by atoms with Gasteiger partial charge in [0.25, 0.3) is 0 Å². The molecule has 1 unspecified atom stereocenters. The molecule has 0 spiro atoms. The Kier molecular flexibility index (Phi) is 3.86. The number of hydrogen-bond acceptors (Lipinski definition) is 3. The molecular weight excluding hydrogens is 192 g/mol. The first-order chi connectivity index (χ1) is 7.07. The number of ether oxygens (including phenoxy) is 1. The Morgan fingerprint density at radius 1 is 1.33 bits per heavy atom. The Morgan fingerprint density at radius 2 is 1.93 bits per heavy atom. The summed E-state index contributed by atoms with van der Waals surface area (Å²) in [7, 11) is 1.33. The number of methoxy groups -OCH3 is 1. The van der Waals surface area contributed by atoms with E-state index in [1.54, 1.807) is 24.3 Å². The predicted molar refractivity (Wildman–Crippen MR) is 57.6 cm³/mol. The maximum Gasteiger partial charge on any atom is 0.338 e. The molecular formula is C12H16O3. The van der Waals surface area contributed by atoms with Crippen LogP contribution >= 0.6 is 0 Å². The molecule has 0 heterocycles.